The molecule has 7 heteroatoms. The highest BCUT2D eigenvalue weighted by Crippen LogP contribution is 2.39. The molecule has 2 aliphatic rings. The Morgan fingerprint density at radius 2 is 2.46 bits per heavy atom. The van der Waals surface area contributed by atoms with E-state index in [2.05, 4.69) is 10.1 Å². The van der Waals surface area contributed by atoms with Gasteiger partial charge in [0.05, 0.1) is 24.9 Å². The number of ether oxygens (including phenoxy) is 2. The number of amides is 1. The fourth-order valence-electron chi connectivity index (χ4n) is 3.86. The van der Waals surface area contributed by atoms with Gasteiger partial charge in [-0.25, -0.2) is 9.50 Å². The molecular weight excluding hydrogens is 308 g/mol. The summed E-state index contributed by atoms with van der Waals surface area (Å²) in [5.41, 5.74) is 0.986. The summed E-state index contributed by atoms with van der Waals surface area (Å²) in [7, 11) is 1.73. The molecular formula is C17H22N4O3. The first-order chi connectivity index (χ1) is 11.7. The summed E-state index contributed by atoms with van der Waals surface area (Å²) in [5, 5.41) is 4.21. The van der Waals surface area contributed by atoms with E-state index in [0.29, 0.717) is 23.7 Å². The topological polar surface area (TPSA) is 69.0 Å². The number of hydrogen-bond donors (Lipinski definition) is 0. The lowest BCUT2D eigenvalue weighted by Crippen LogP contribution is -2.35. The van der Waals surface area contributed by atoms with Crippen LogP contribution in [0.4, 0.5) is 0 Å². The zero-order valence-corrected chi connectivity index (χ0v) is 13.9. The average molecular weight is 330 g/mol. The number of rotatable bonds is 4. The Hall–Kier alpha value is -1.99. The molecule has 4 heterocycles. The SMILES string of the molecule is COCC[C@@H]1CO[C@@]2(CCN(C(=O)c3cnn4cccnc34)C2)C1. The minimum atomic E-state index is -0.176. The van der Waals surface area contributed by atoms with Gasteiger partial charge >= 0.3 is 0 Å². The number of methoxy groups -OCH3 is 1. The maximum Gasteiger partial charge on any atom is 0.259 e. The molecule has 4 rings (SSSR count). The summed E-state index contributed by atoms with van der Waals surface area (Å²) in [6.45, 7) is 2.91. The first kappa shape index (κ1) is 15.5. The predicted molar refractivity (Wildman–Crippen MR) is 86.8 cm³/mol. The minimum Gasteiger partial charge on any atom is -0.385 e. The van der Waals surface area contributed by atoms with Crippen molar-refractivity contribution in [3.8, 4) is 0 Å². The first-order valence-electron chi connectivity index (χ1n) is 8.41. The highest BCUT2D eigenvalue weighted by molar-refractivity contribution is 5.99. The Bertz CT molecular complexity index is 746. The zero-order valence-electron chi connectivity index (χ0n) is 13.9. The Morgan fingerprint density at radius 3 is 3.33 bits per heavy atom. The van der Waals surface area contributed by atoms with Crippen molar-refractivity contribution in [2.75, 3.05) is 33.4 Å². The van der Waals surface area contributed by atoms with Gasteiger partial charge in [0.2, 0.25) is 0 Å². The maximum atomic E-state index is 12.9. The molecule has 2 aliphatic heterocycles. The van der Waals surface area contributed by atoms with E-state index < -0.39 is 0 Å². The molecule has 2 saturated heterocycles. The van der Waals surface area contributed by atoms with Crippen molar-refractivity contribution < 1.29 is 14.3 Å². The first-order valence-corrected chi connectivity index (χ1v) is 8.41. The number of nitrogens with zero attached hydrogens (tertiary/aromatic N) is 4. The van der Waals surface area contributed by atoms with Gasteiger partial charge in [0, 0.05) is 32.7 Å². The Kier molecular flexibility index (Phi) is 3.97. The normalized spacial score (nSPS) is 26.7. The molecule has 0 aromatic carbocycles. The predicted octanol–water partition coefficient (Wildman–Crippen LogP) is 1.39. The van der Waals surface area contributed by atoms with E-state index in [1.165, 1.54) is 0 Å². The third-order valence-corrected chi connectivity index (χ3v) is 5.13. The third kappa shape index (κ3) is 2.67. The van der Waals surface area contributed by atoms with E-state index in [1.54, 1.807) is 36.3 Å². The summed E-state index contributed by atoms with van der Waals surface area (Å²) in [4.78, 5) is 19.0. The Balaban J connectivity index is 1.46. The third-order valence-electron chi connectivity index (χ3n) is 5.13. The lowest BCUT2D eigenvalue weighted by molar-refractivity contribution is 0.0113. The molecule has 2 atom stereocenters. The fraction of sp³-hybridized carbons (Fsp3) is 0.588. The largest absolute Gasteiger partial charge is 0.385 e. The highest BCUT2D eigenvalue weighted by Gasteiger charge is 2.46. The molecule has 128 valence electrons. The number of carbonyl (C=O) groups is 1. The molecule has 1 spiro atoms. The van der Waals surface area contributed by atoms with Crippen LogP contribution < -0.4 is 0 Å². The smallest absolute Gasteiger partial charge is 0.259 e. The van der Waals surface area contributed by atoms with Gasteiger partial charge in [-0.3, -0.25) is 4.79 Å². The van der Waals surface area contributed by atoms with Gasteiger partial charge in [-0.2, -0.15) is 5.10 Å². The monoisotopic (exact) mass is 330 g/mol. The van der Waals surface area contributed by atoms with E-state index in [-0.39, 0.29) is 11.5 Å². The van der Waals surface area contributed by atoms with Crippen molar-refractivity contribution in [3.05, 3.63) is 30.2 Å². The van der Waals surface area contributed by atoms with Crippen LogP contribution in [0.5, 0.6) is 0 Å². The summed E-state index contributed by atoms with van der Waals surface area (Å²) in [6, 6.07) is 1.80. The van der Waals surface area contributed by atoms with Crippen molar-refractivity contribution in [3.63, 3.8) is 0 Å². The van der Waals surface area contributed by atoms with Crippen LogP contribution in [0.25, 0.3) is 5.65 Å². The van der Waals surface area contributed by atoms with Crippen LogP contribution in [-0.2, 0) is 9.47 Å². The van der Waals surface area contributed by atoms with Crippen LogP contribution in [-0.4, -0.2) is 64.4 Å². The molecule has 24 heavy (non-hydrogen) atoms. The maximum absolute atomic E-state index is 12.9. The number of fused-ring (bicyclic) bond motifs is 1. The van der Waals surface area contributed by atoms with Crippen LogP contribution in [0.15, 0.2) is 24.7 Å². The van der Waals surface area contributed by atoms with Crippen molar-refractivity contribution in [1.82, 2.24) is 19.5 Å². The minimum absolute atomic E-state index is 0.00971. The van der Waals surface area contributed by atoms with Gasteiger partial charge in [0.15, 0.2) is 5.65 Å². The van der Waals surface area contributed by atoms with Gasteiger partial charge < -0.3 is 14.4 Å². The second-order valence-electron chi connectivity index (χ2n) is 6.77. The standard InChI is InChI=1S/C17H22N4O3/c1-23-8-3-13-9-17(24-11-13)4-7-20(12-17)16(22)14-10-19-21-6-2-5-18-15(14)21/h2,5-6,10,13H,3-4,7-9,11-12H2,1H3/t13-,17-/m0/s1. The van der Waals surface area contributed by atoms with Crippen molar-refractivity contribution in [1.29, 1.82) is 0 Å². The molecule has 0 saturated carbocycles. The van der Waals surface area contributed by atoms with Gasteiger partial charge in [0.25, 0.3) is 5.91 Å². The van der Waals surface area contributed by atoms with Crippen LogP contribution in [0.2, 0.25) is 0 Å². The molecule has 0 N–H and O–H groups in total. The second-order valence-corrected chi connectivity index (χ2v) is 6.77. The summed E-state index contributed by atoms with van der Waals surface area (Å²) in [5.74, 6) is 0.517. The molecule has 2 aromatic rings. The molecule has 0 bridgehead atoms. The van der Waals surface area contributed by atoms with Crippen LogP contribution in [0.3, 0.4) is 0 Å². The molecule has 7 nitrogen and oxygen atoms in total. The fourth-order valence-corrected chi connectivity index (χ4v) is 3.86. The van der Waals surface area contributed by atoms with Crippen molar-refractivity contribution >= 4 is 11.6 Å². The van der Waals surface area contributed by atoms with Crippen LogP contribution in [0, 0.1) is 5.92 Å². The zero-order chi connectivity index (χ0) is 16.6. The summed E-state index contributed by atoms with van der Waals surface area (Å²) < 4.78 is 12.9. The molecule has 1 amide bonds. The molecule has 0 radical (unpaired) electrons. The number of hydrogen-bond acceptors (Lipinski definition) is 5. The van der Waals surface area contributed by atoms with E-state index in [1.807, 2.05) is 4.90 Å². The molecule has 2 aromatic heterocycles. The van der Waals surface area contributed by atoms with Crippen LogP contribution >= 0.6 is 0 Å². The molecule has 0 unspecified atom stereocenters. The summed E-state index contributed by atoms with van der Waals surface area (Å²) in [6.07, 6.45) is 8.00. The van der Waals surface area contributed by atoms with E-state index in [9.17, 15) is 4.79 Å². The summed E-state index contributed by atoms with van der Waals surface area (Å²) >= 11 is 0. The van der Waals surface area contributed by atoms with Gasteiger partial charge in [-0.15, -0.1) is 0 Å². The average Bonchev–Trinajstić information content (AvgIpc) is 3.32. The molecule has 2 fully saturated rings. The lowest BCUT2D eigenvalue weighted by atomic mass is 9.92. The second kappa shape index (κ2) is 6.14. The van der Waals surface area contributed by atoms with Gasteiger partial charge in [0.1, 0.15) is 5.56 Å². The van der Waals surface area contributed by atoms with Crippen molar-refractivity contribution in [2.24, 2.45) is 5.92 Å². The number of carbonyl (C=O) groups excluding carboxylic acids is 1. The van der Waals surface area contributed by atoms with Crippen LogP contribution in [0.1, 0.15) is 29.6 Å². The Morgan fingerprint density at radius 1 is 1.54 bits per heavy atom. The van der Waals surface area contributed by atoms with Gasteiger partial charge in [-0.1, -0.05) is 0 Å². The van der Waals surface area contributed by atoms with E-state index in [0.717, 1.165) is 39.0 Å². The number of aromatic nitrogens is 3. The molecule has 0 aliphatic carbocycles. The van der Waals surface area contributed by atoms with E-state index in [4.69, 9.17) is 9.47 Å². The van der Waals surface area contributed by atoms with E-state index >= 15 is 0 Å². The Labute approximate surface area is 140 Å². The van der Waals surface area contributed by atoms with Gasteiger partial charge in [-0.05, 0) is 31.2 Å². The number of likely N-dealkylation sites (tertiary alicyclic amines) is 1. The lowest BCUT2D eigenvalue weighted by Gasteiger charge is -2.23. The quantitative estimate of drug-likeness (QED) is 0.847. The highest BCUT2D eigenvalue weighted by atomic mass is 16.5. The van der Waals surface area contributed by atoms with Crippen molar-refractivity contribution in [2.45, 2.75) is 24.9 Å².